The fraction of sp³-hybridized carbons (Fsp3) is 0.937. The number of carbonyl (C=O) groups is 4. The van der Waals surface area contributed by atoms with Crippen LogP contribution in [0.1, 0.15) is 317 Å². The van der Waals surface area contributed by atoms with Gasteiger partial charge in [-0.05, 0) is 31.6 Å². The maximum absolute atomic E-state index is 13.0. The molecule has 0 radical (unpaired) electrons. The lowest BCUT2D eigenvalue weighted by atomic mass is 9.99. The molecule has 0 aromatic carbocycles. The third kappa shape index (κ3) is 55.9. The molecule has 0 fully saturated rings. The summed E-state index contributed by atoms with van der Waals surface area (Å²) in [6, 6.07) is 0. The average Bonchev–Trinajstić information content (AvgIpc) is 3.46. The van der Waals surface area contributed by atoms with E-state index >= 15 is 0 Å². The van der Waals surface area contributed by atoms with Crippen molar-refractivity contribution in [3.8, 4) is 0 Å². The molecule has 0 aromatic rings. The number of aliphatic hydroxyl groups is 1. The highest BCUT2D eigenvalue weighted by molar-refractivity contribution is 7.47. The Morgan fingerprint density at radius 1 is 0.341 bits per heavy atom. The Balaban J connectivity index is 5.21. The average molecular weight is 1210 g/mol. The van der Waals surface area contributed by atoms with Crippen LogP contribution in [-0.4, -0.2) is 96.7 Å². The molecule has 0 amide bonds. The van der Waals surface area contributed by atoms with Crippen molar-refractivity contribution >= 4 is 39.5 Å². The van der Waals surface area contributed by atoms with Gasteiger partial charge in [0.05, 0.1) is 26.4 Å². The van der Waals surface area contributed by atoms with Crippen LogP contribution in [0.5, 0.6) is 0 Å². The summed E-state index contributed by atoms with van der Waals surface area (Å²) in [5, 5.41) is 10.5. The number of aliphatic hydroxyl groups excluding tert-OH is 1. The molecule has 3 N–H and O–H groups in total. The van der Waals surface area contributed by atoms with Crippen molar-refractivity contribution in [2.75, 3.05) is 39.6 Å². The van der Waals surface area contributed by atoms with Crippen molar-refractivity contribution in [1.29, 1.82) is 0 Å². The zero-order valence-electron chi connectivity index (χ0n) is 52.6. The lowest BCUT2D eigenvalue weighted by Crippen LogP contribution is -2.30. The van der Waals surface area contributed by atoms with Gasteiger partial charge in [-0.3, -0.25) is 37.3 Å². The van der Waals surface area contributed by atoms with Crippen LogP contribution >= 0.6 is 15.6 Å². The lowest BCUT2D eigenvalue weighted by Gasteiger charge is -2.21. The smallest absolute Gasteiger partial charge is 0.462 e. The molecule has 0 aliphatic heterocycles. The van der Waals surface area contributed by atoms with Crippen molar-refractivity contribution in [2.45, 2.75) is 335 Å². The zero-order chi connectivity index (χ0) is 60.6. The predicted octanol–water partition coefficient (Wildman–Crippen LogP) is 17.4. The first kappa shape index (κ1) is 80.1. The summed E-state index contributed by atoms with van der Waals surface area (Å²) in [6.07, 6.45) is 40.3. The number of esters is 4. The van der Waals surface area contributed by atoms with Crippen LogP contribution in [0.2, 0.25) is 0 Å². The van der Waals surface area contributed by atoms with Crippen LogP contribution in [0.4, 0.5) is 0 Å². The molecule has 3 unspecified atom stereocenters. The molecule has 0 aliphatic carbocycles. The van der Waals surface area contributed by atoms with Gasteiger partial charge in [0.25, 0.3) is 0 Å². The monoisotopic (exact) mass is 1210 g/mol. The Morgan fingerprint density at radius 2 is 0.585 bits per heavy atom. The molecule has 6 atom stereocenters. The minimum absolute atomic E-state index is 0.105. The Bertz CT molecular complexity index is 1600. The van der Waals surface area contributed by atoms with E-state index in [0.717, 1.165) is 109 Å². The fourth-order valence-electron chi connectivity index (χ4n) is 9.37. The van der Waals surface area contributed by atoms with E-state index in [1.807, 2.05) is 0 Å². The Morgan fingerprint density at radius 3 is 0.866 bits per heavy atom. The van der Waals surface area contributed by atoms with E-state index in [0.29, 0.717) is 25.7 Å². The van der Waals surface area contributed by atoms with Gasteiger partial charge in [0, 0.05) is 25.7 Å². The van der Waals surface area contributed by atoms with Crippen LogP contribution < -0.4 is 0 Å². The molecule has 0 heterocycles. The van der Waals surface area contributed by atoms with Crippen molar-refractivity contribution < 1.29 is 80.2 Å². The quantitative estimate of drug-likeness (QED) is 0.0222. The maximum atomic E-state index is 13.0. The largest absolute Gasteiger partial charge is 0.472 e. The SMILES string of the molecule is CCCCCCCCCCCCCCCCC(=O)O[C@H](COC(=O)CCCCCCCCCCC(C)CC)COP(=O)(O)OC[C@@H](O)COP(=O)(O)OC[C@@H](COC(=O)CCCCCCCCC)OC(=O)CCCCCCCCCCC. The van der Waals surface area contributed by atoms with Crippen molar-refractivity contribution in [1.82, 2.24) is 0 Å². The summed E-state index contributed by atoms with van der Waals surface area (Å²) >= 11 is 0. The standard InChI is InChI=1S/C63H122O17P2/c1-6-10-13-16-19-21-22-23-24-25-27-34-39-44-49-63(68)80-59(53-74-61(66)47-42-37-32-29-28-31-35-40-45-56(5)9-4)55-78-82(71,72)76-51-57(64)50-75-81(69,70)77-54-58(52-73-60(65)46-41-36-30-18-15-12-8-3)79-62(67)48-43-38-33-26-20-17-14-11-7-2/h56-59,64H,6-55H2,1-5H3,(H,69,70)(H,71,72)/t56?,57-,58+,59+/m0/s1. The van der Waals surface area contributed by atoms with Crippen LogP contribution in [0.15, 0.2) is 0 Å². The summed E-state index contributed by atoms with van der Waals surface area (Å²) in [6.45, 7) is 7.14. The molecule has 82 heavy (non-hydrogen) atoms. The first-order valence-electron chi connectivity index (χ1n) is 33.2. The minimum atomic E-state index is -4.94. The minimum Gasteiger partial charge on any atom is -0.462 e. The molecule has 0 saturated carbocycles. The zero-order valence-corrected chi connectivity index (χ0v) is 54.4. The summed E-state index contributed by atoms with van der Waals surface area (Å²) in [4.78, 5) is 72.0. The first-order chi connectivity index (χ1) is 39.6. The molecule has 0 rings (SSSR count). The molecule has 0 aliphatic rings. The van der Waals surface area contributed by atoms with Gasteiger partial charge in [0.15, 0.2) is 12.2 Å². The molecular weight excluding hydrogens is 1090 g/mol. The normalized spacial score (nSPS) is 14.6. The van der Waals surface area contributed by atoms with E-state index in [4.69, 9.17) is 37.0 Å². The van der Waals surface area contributed by atoms with E-state index in [2.05, 4.69) is 34.6 Å². The molecule has 17 nitrogen and oxygen atoms in total. The van der Waals surface area contributed by atoms with Crippen molar-refractivity contribution in [3.05, 3.63) is 0 Å². The van der Waals surface area contributed by atoms with E-state index in [9.17, 15) is 43.2 Å². The molecule has 0 saturated heterocycles. The maximum Gasteiger partial charge on any atom is 0.472 e. The second kappa shape index (κ2) is 56.8. The number of carbonyl (C=O) groups excluding carboxylic acids is 4. The van der Waals surface area contributed by atoms with Gasteiger partial charge in [0.2, 0.25) is 0 Å². The van der Waals surface area contributed by atoms with Crippen LogP contribution in [0.3, 0.4) is 0 Å². The number of rotatable bonds is 63. The Kier molecular flexibility index (Phi) is 55.5. The van der Waals surface area contributed by atoms with Gasteiger partial charge in [-0.25, -0.2) is 9.13 Å². The molecule has 0 spiro atoms. The van der Waals surface area contributed by atoms with Crippen LogP contribution in [0, 0.1) is 5.92 Å². The van der Waals surface area contributed by atoms with Gasteiger partial charge in [-0.2, -0.15) is 0 Å². The molecule has 19 heteroatoms. The van der Waals surface area contributed by atoms with Gasteiger partial charge in [-0.15, -0.1) is 0 Å². The number of hydrogen-bond acceptors (Lipinski definition) is 15. The highest BCUT2D eigenvalue weighted by Gasteiger charge is 2.30. The predicted molar refractivity (Wildman–Crippen MR) is 326 cm³/mol. The summed E-state index contributed by atoms with van der Waals surface area (Å²) < 4.78 is 67.9. The van der Waals surface area contributed by atoms with Crippen LogP contribution in [0.25, 0.3) is 0 Å². The van der Waals surface area contributed by atoms with Gasteiger partial charge >= 0.3 is 39.5 Å². The third-order valence-corrected chi connectivity index (χ3v) is 16.8. The lowest BCUT2D eigenvalue weighted by molar-refractivity contribution is -0.161. The second-order valence-corrected chi connectivity index (χ2v) is 25.9. The van der Waals surface area contributed by atoms with Crippen molar-refractivity contribution in [2.24, 2.45) is 5.92 Å². The summed E-state index contributed by atoms with van der Waals surface area (Å²) in [5.74, 6) is -1.36. The number of unbranched alkanes of at least 4 members (excludes halogenated alkanes) is 34. The van der Waals surface area contributed by atoms with E-state index in [-0.39, 0.29) is 25.7 Å². The van der Waals surface area contributed by atoms with Gasteiger partial charge < -0.3 is 33.8 Å². The fourth-order valence-corrected chi connectivity index (χ4v) is 11.0. The highest BCUT2D eigenvalue weighted by Crippen LogP contribution is 2.45. The van der Waals surface area contributed by atoms with Crippen LogP contribution in [-0.2, 0) is 65.4 Å². The Labute approximate surface area is 498 Å². The second-order valence-electron chi connectivity index (χ2n) is 23.0. The summed E-state index contributed by atoms with van der Waals surface area (Å²) in [7, 11) is -9.88. The van der Waals surface area contributed by atoms with E-state index in [1.165, 1.54) is 128 Å². The van der Waals surface area contributed by atoms with E-state index in [1.54, 1.807) is 0 Å². The number of hydrogen-bond donors (Lipinski definition) is 3. The highest BCUT2D eigenvalue weighted by atomic mass is 31.2. The molecule has 0 aromatic heterocycles. The number of ether oxygens (including phenoxy) is 4. The topological polar surface area (TPSA) is 237 Å². The first-order valence-corrected chi connectivity index (χ1v) is 36.2. The molecular formula is C63H122O17P2. The number of phosphoric acid groups is 2. The van der Waals surface area contributed by atoms with Crippen molar-refractivity contribution in [3.63, 3.8) is 0 Å². The third-order valence-electron chi connectivity index (χ3n) is 14.9. The Hall–Kier alpha value is -1.94. The molecule has 0 bridgehead atoms. The number of phosphoric ester groups is 2. The molecule has 486 valence electrons. The van der Waals surface area contributed by atoms with Gasteiger partial charge in [0.1, 0.15) is 19.3 Å². The van der Waals surface area contributed by atoms with E-state index < -0.39 is 97.5 Å². The summed E-state index contributed by atoms with van der Waals surface area (Å²) in [5.41, 5.74) is 0. The van der Waals surface area contributed by atoms with Gasteiger partial charge in [-0.1, -0.05) is 266 Å².